The highest BCUT2D eigenvalue weighted by atomic mass is 32.2. The van der Waals surface area contributed by atoms with Gasteiger partial charge in [-0.3, -0.25) is 9.52 Å². The molecule has 0 spiro atoms. The average Bonchev–Trinajstić information content (AvgIpc) is 2.89. The first kappa shape index (κ1) is 28.0. The molecule has 5 rings (SSSR count). The number of sulfonamides is 1. The van der Waals surface area contributed by atoms with E-state index in [-0.39, 0.29) is 22.8 Å². The van der Waals surface area contributed by atoms with E-state index >= 15 is 0 Å². The van der Waals surface area contributed by atoms with Gasteiger partial charge >= 0.3 is 0 Å². The Morgan fingerprint density at radius 3 is 2.25 bits per heavy atom. The number of fused-ring (bicyclic) bond motifs is 1. The van der Waals surface area contributed by atoms with Crippen LogP contribution in [0.4, 0.5) is 17.1 Å². The van der Waals surface area contributed by atoms with E-state index in [1.54, 1.807) is 11.0 Å². The summed E-state index contributed by atoms with van der Waals surface area (Å²) >= 11 is 0. The summed E-state index contributed by atoms with van der Waals surface area (Å²) in [6.07, 6.45) is 1.68. The molecule has 2 N–H and O–H groups in total. The summed E-state index contributed by atoms with van der Waals surface area (Å²) in [5.41, 5.74) is 7.04. The van der Waals surface area contributed by atoms with Crippen molar-refractivity contribution >= 4 is 33.0 Å². The number of hydrogen-bond acceptors (Lipinski definition) is 6. The summed E-state index contributed by atoms with van der Waals surface area (Å²) in [5, 5.41) is 10.1. The number of phenols is 1. The number of hydrogen-bond donors (Lipinski definition) is 2. The van der Waals surface area contributed by atoms with Crippen LogP contribution in [0.2, 0.25) is 0 Å². The molecule has 1 fully saturated rings. The number of likely N-dealkylation sites (N-methyl/N-ethyl adjacent to an activating group) is 1. The highest BCUT2D eigenvalue weighted by Gasteiger charge is 2.28. The molecular weight excluding hydrogens is 524 g/mol. The van der Waals surface area contributed by atoms with Crippen molar-refractivity contribution in [2.45, 2.75) is 32.6 Å². The zero-order chi connectivity index (χ0) is 28.8. The quantitative estimate of drug-likeness (QED) is 0.439. The molecule has 2 heterocycles. The van der Waals surface area contributed by atoms with Crippen molar-refractivity contribution in [3.05, 3.63) is 71.3 Å². The van der Waals surface area contributed by atoms with Gasteiger partial charge in [-0.25, -0.2) is 8.42 Å². The molecule has 0 atom stereocenters. The fourth-order valence-electron chi connectivity index (χ4n) is 5.43. The molecule has 3 aromatic carbocycles. The normalized spacial score (nSPS) is 16.7. The van der Waals surface area contributed by atoms with Gasteiger partial charge in [-0.05, 0) is 65.9 Å². The molecule has 9 heteroatoms. The van der Waals surface area contributed by atoms with Crippen molar-refractivity contribution in [2.24, 2.45) is 0 Å². The van der Waals surface area contributed by atoms with E-state index in [0.717, 1.165) is 43.6 Å². The second-order valence-electron chi connectivity index (χ2n) is 11.9. The van der Waals surface area contributed by atoms with Gasteiger partial charge in [-0.15, -0.1) is 0 Å². The summed E-state index contributed by atoms with van der Waals surface area (Å²) in [7, 11) is -1.42. The lowest BCUT2D eigenvalue weighted by Gasteiger charge is -2.36. The van der Waals surface area contributed by atoms with Gasteiger partial charge in [-0.1, -0.05) is 45.0 Å². The lowest BCUT2D eigenvalue weighted by atomic mass is 9.84. The molecule has 1 amide bonds. The van der Waals surface area contributed by atoms with Crippen LogP contribution < -0.4 is 14.5 Å². The number of anilines is 3. The molecule has 8 nitrogen and oxygen atoms in total. The van der Waals surface area contributed by atoms with Gasteiger partial charge in [0.15, 0.2) is 0 Å². The number of phenolic OH excluding ortho intramolecular Hbond substituents is 1. The fourth-order valence-corrected chi connectivity index (χ4v) is 5.99. The number of carbonyl (C=O) groups excluding carboxylic acids is 1. The molecule has 3 aromatic rings. The highest BCUT2D eigenvalue weighted by molar-refractivity contribution is 7.92. The molecule has 1 saturated heterocycles. The predicted octanol–water partition coefficient (Wildman–Crippen LogP) is 4.68. The summed E-state index contributed by atoms with van der Waals surface area (Å²) in [5.74, 6) is -0.344. The van der Waals surface area contributed by atoms with E-state index in [2.05, 4.69) is 66.6 Å². The Labute approximate surface area is 237 Å². The zero-order valence-electron chi connectivity index (χ0n) is 23.9. The SMILES string of the molecule is CN1CCN(c2cc(C(C)(C)C)ccc2-c2ccc3c(c2)CCN(c2ccc(O)c(NS(C)(=O)=O)c2)C3=O)CC1. The van der Waals surface area contributed by atoms with Crippen LogP contribution in [0.5, 0.6) is 5.75 Å². The molecule has 40 heavy (non-hydrogen) atoms. The summed E-state index contributed by atoms with van der Waals surface area (Å²) in [6.45, 7) is 11.1. The van der Waals surface area contributed by atoms with Gasteiger partial charge in [0.05, 0.1) is 11.9 Å². The van der Waals surface area contributed by atoms with Crippen molar-refractivity contribution in [1.82, 2.24) is 4.90 Å². The van der Waals surface area contributed by atoms with Crippen molar-refractivity contribution in [3.63, 3.8) is 0 Å². The van der Waals surface area contributed by atoms with Crippen LogP contribution in [0.3, 0.4) is 0 Å². The Morgan fingerprint density at radius 1 is 0.875 bits per heavy atom. The number of carbonyl (C=O) groups is 1. The smallest absolute Gasteiger partial charge is 0.258 e. The topological polar surface area (TPSA) is 93.2 Å². The van der Waals surface area contributed by atoms with Gasteiger partial charge in [-0.2, -0.15) is 0 Å². The van der Waals surface area contributed by atoms with E-state index in [0.29, 0.717) is 24.2 Å². The van der Waals surface area contributed by atoms with Crippen molar-refractivity contribution < 1.29 is 18.3 Å². The number of piperazine rings is 1. The van der Waals surface area contributed by atoms with Gasteiger partial charge in [0.2, 0.25) is 10.0 Å². The van der Waals surface area contributed by atoms with Gasteiger partial charge in [0.25, 0.3) is 5.91 Å². The summed E-state index contributed by atoms with van der Waals surface area (Å²) in [4.78, 5) is 20.0. The molecule has 0 radical (unpaired) electrons. The van der Waals surface area contributed by atoms with E-state index in [4.69, 9.17) is 0 Å². The number of aromatic hydroxyl groups is 1. The maximum atomic E-state index is 13.6. The van der Waals surface area contributed by atoms with Crippen LogP contribution in [0.1, 0.15) is 42.3 Å². The Bertz CT molecular complexity index is 1550. The van der Waals surface area contributed by atoms with Gasteiger partial charge in [0, 0.05) is 55.2 Å². The van der Waals surface area contributed by atoms with Crippen LogP contribution in [0.25, 0.3) is 11.1 Å². The Balaban J connectivity index is 1.48. The van der Waals surface area contributed by atoms with E-state index in [1.807, 2.05) is 12.1 Å². The van der Waals surface area contributed by atoms with Crippen LogP contribution in [0.15, 0.2) is 54.6 Å². The summed E-state index contributed by atoms with van der Waals surface area (Å²) in [6, 6.07) is 17.4. The standard InChI is InChI=1S/C31H38N4O4S/c1-31(2,3)23-7-10-25(28(19-23)34-16-14-33(4)15-17-34)21-6-9-26-22(18-21)12-13-35(30(26)37)24-8-11-29(36)27(20-24)32-40(5,38)39/h6-11,18-20,32,36H,12-17H2,1-5H3. The second-order valence-corrected chi connectivity index (χ2v) is 13.7. The minimum atomic E-state index is -3.59. The fraction of sp³-hybridized carbons (Fsp3) is 0.387. The minimum absolute atomic E-state index is 0.0382. The maximum absolute atomic E-state index is 13.6. The van der Waals surface area contributed by atoms with Gasteiger partial charge < -0.3 is 19.8 Å². The highest BCUT2D eigenvalue weighted by Crippen LogP contribution is 2.38. The number of rotatable bonds is 5. The van der Waals surface area contributed by atoms with Crippen LogP contribution >= 0.6 is 0 Å². The zero-order valence-corrected chi connectivity index (χ0v) is 24.7. The molecule has 0 saturated carbocycles. The molecular formula is C31H38N4O4S. The van der Waals surface area contributed by atoms with E-state index in [1.165, 1.54) is 28.9 Å². The van der Waals surface area contributed by atoms with E-state index in [9.17, 15) is 18.3 Å². The monoisotopic (exact) mass is 562 g/mol. The van der Waals surface area contributed by atoms with E-state index < -0.39 is 10.0 Å². The molecule has 0 bridgehead atoms. The number of benzene rings is 3. The Kier molecular flexibility index (Phi) is 7.31. The largest absolute Gasteiger partial charge is 0.506 e. The maximum Gasteiger partial charge on any atom is 0.258 e. The number of nitrogens with one attached hydrogen (secondary N) is 1. The molecule has 2 aliphatic rings. The van der Waals surface area contributed by atoms with Crippen LogP contribution in [0, 0.1) is 0 Å². The van der Waals surface area contributed by atoms with Crippen molar-refractivity contribution in [2.75, 3.05) is 60.5 Å². The first-order valence-electron chi connectivity index (χ1n) is 13.6. The third-order valence-corrected chi connectivity index (χ3v) is 8.38. The predicted molar refractivity (Wildman–Crippen MR) is 162 cm³/mol. The summed E-state index contributed by atoms with van der Waals surface area (Å²) < 4.78 is 25.7. The second kappa shape index (κ2) is 10.4. The first-order valence-corrected chi connectivity index (χ1v) is 15.5. The Hall–Kier alpha value is -3.56. The molecule has 0 aliphatic carbocycles. The molecule has 2 aliphatic heterocycles. The third kappa shape index (κ3) is 5.81. The first-order chi connectivity index (χ1) is 18.8. The third-order valence-electron chi connectivity index (χ3n) is 7.79. The minimum Gasteiger partial charge on any atom is -0.506 e. The number of amides is 1. The van der Waals surface area contributed by atoms with Crippen molar-refractivity contribution in [3.8, 4) is 16.9 Å². The lowest BCUT2D eigenvalue weighted by molar-refractivity contribution is 0.0980. The number of nitrogens with zero attached hydrogens (tertiary/aromatic N) is 3. The van der Waals surface area contributed by atoms with Crippen molar-refractivity contribution in [1.29, 1.82) is 0 Å². The molecule has 0 aromatic heterocycles. The average molecular weight is 563 g/mol. The lowest BCUT2D eigenvalue weighted by Crippen LogP contribution is -2.44. The molecule has 212 valence electrons. The van der Waals surface area contributed by atoms with Crippen LogP contribution in [-0.4, -0.2) is 70.4 Å². The van der Waals surface area contributed by atoms with Gasteiger partial charge in [0.1, 0.15) is 5.75 Å². The Morgan fingerprint density at radius 2 is 1.57 bits per heavy atom. The van der Waals surface area contributed by atoms with Crippen LogP contribution in [-0.2, 0) is 21.9 Å². The molecule has 0 unspecified atom stereocenters.